The largest absolute Gasteiger partial charge is 0.316 e. The number of hydrogen-bond donors (Lipinski definition) is 1. The average molecular weight is 315 g/mol. The quantitative estimate of drug-likeness (QED) is 0.919. The molecule has 0 aliphatic carbocycles. The molecule has 0 spiro atoms. The fraction of sp³-hybridized carbons (Fsp3) is 0.571. The molecule has 1 saturated heterocycles. The second-order valence-corrected chi connectivity index (χ2v) is 6.01. The highest BCUT2D eigenvalue weighted by molar-refractivity contribution is 9.10. The summed E-state index contributed by atoms with van der Waals surface area (Å²) in [5, 5.41) is 3.44. The highest BCUT2D eigenvalue weighted by atomic mass is 79.9. The molecule has 1 N–H and O–H groups in total. The molecule has 0 amide bonds. The van der Waals surface area contributed by atoms with Crippen molar-refractivity contribution in [1.82, 2.24) is 10.2 Å². The summed E-state index contributed by atoms with van der Waals surface area (Å²) in [5.74, 6) is 0.547. The van der Waals surface area contributed by atoms with Crippen LogP contribution in [0.15, 0.2) is 22.7 Å². The predicted octanol–water partition coefficient (Wildman–Crippen LogP) is 3.02. The zero-order valence-electron chi connectivity index (χ0n) is 10.8. The lowest BCUT2D eigenvalue weighted by Gasteiger charge is -2.27. The third kappa shape index (κ3) is 4.04. The lowest BCUT2D eigenvalue weighted by Crippen LogP contribution is -2.36. The molecule has 1 aliphatic heterocycles. The molecule has 1 aromatic rings. The SMILES string of the molecule is CN(Cc1ccc(F)c(Br)c1)CC1CCCNC1. The molecule has 2 rings (SSSR count). The summed E-state index contributed by atoms with van der Waals surface area (Å²) >= 11 is 3.23. The molecule has 1 unspecified atom stereocenters. The van der Waals surface area contributed by atoms with Crippen LogP contribution < -0.4 is 5.32 Å². The van der Waals surface area contributed by atoms with Gasteiger partial charge in [-0.2, -0.15) is 0 Å². The summed E-state index contributed by atoms with van der Waals surface area (Å²) in [6, 6.07) is 5.25. The summed E-state index contributed by atoms with van der Waals surface area (Å²) in [7, 11) is 2.13. The van der Waals surface area contributed by atoms with E-state index < -0.39 is 0 Å². The molecule has 18 heavy (non-hydrogen) atoms. The Hall–Kier alpha value is -0.450. The van der Waals surface area contributed by atoms with Crippen molar-refractivity contribution in [2.75, 3.05) is 26.7 Å². The monoisotopic (exact) mass is 314 g/mol. The number of rotatable bonds is 4. The Bertz CT molecular complexity index is 391. The van der Waals surface area contributed by atoms with E-state index in [2.05, 4.69) is 33.2 Å². The minimum absolute atomic E-state index is 0.196. The van der Waals surface area contributed by atoms with Gasteiger partial charge in [-0.15, -0.1) is 0 Å². The van der Waals surface area contributed by atoms with Gasteiger partial charge in [0.05, 0.1) is 4.47 Å². The van der Waals surface area contributed by atoms with E-state index in [0.717, 1.165) is 37.7 Å². The van der Waals surface area contributed by atoms with Gasteiger partial charge in [0.1, 0.15) is 5.82 Å². The van der Waals surface area contributed by atoms with E-state index >= 15 is 0 Å². The average Bonchev–Trinajstić information content (AvgIpc) is 2.35. The Labute approximate surface area is 117 Å². The normalized spacial score (nSPS) is 20.3. The van der Waals surface area contributed by atoms with E-state index in [-0.39, 0.29) is 5.82 Å². The van der Waals surface area contributed by atoms with E-state index in [4.69, 9.17) is 0 Å². The van der Waals surface area contributed by atoms with Crippen LogP contribution >= 0.6 is 15.9 Å². The van der Waals surface area contributed by atoms with Crippen LogP contribution in [0.2, 0.25) is 0 Å². The maximum absolute atomic E-state index is 13.1. The van der Waals surface area contributed by atoms with Crippen LogP contribution in [-0.4, -0.2) is 31.6 Å². The molecule has 0 bridgehead atoms. The van der Waals surface area contributed by atoms with Crippen molar-refractivity contribution in [1.29, 1.82) is 0 Å². The molecule has 1 fully saturated rings. The van der Waals surface area contributed by atoms with Crippen molar-refractivity contribution in [2.45, 2.75) is 19.4 Å². The lowest BCUT2D eigenvalue weighted by atomic mass is 9.99. The van der Waals surface area contributed by atoms with Crippen LogP contribution in [0.1, 0.15) is 18.4 Å². The topological polar surface area (TPSA) is 15.3 Å². The maximum atomic E-state index is 13.1. The third-order valence-electron chi connectivity index (χ3n) is 3.41. The Morgan fingerprint density at radius 1 is 1.50 bits per heavy atom. The molecular weight excluding hydrogens is 295 g/mol. The summed E-state index contributed by atoms with van der Waals surface area (Å²) < 4.78 is 13.7. The number of piperidine rings is 1. The van der Waals surface area contributed by atoms with Gasteiger partial charge in [-0.3, -0.25) is 0 Å². The smallest absolute Gasteiger partial charge is 0.137 e. The first-order valence-electron chi connectivity index (χ1n) is 6.48. The number of hydrogen-bond acceptors (Lipinski definition) is 2. The van der Waals surface area contributed by atoms with Crippen LogP contribution in [0.25, 0.3) is 0 Å². The fourth-order valence-corrected chi connectivity index (χ4v) is 2.96. The van der Waals surface area contributed by atoms with Gasteiger partial charge < -0.3 is 10.2 Å². The van der Waals surface area contributed by atoms with Crippen LogP contribution in [0.3, 0.4) is 0 Å². The van der Waals surface area contributed by atoms with Crippen molar-refractivity contribution in [3.05, 3.63) is 34.1 Å². The highest BCUT2D eigenvalue weighted by Gasteiger charge is 2.15. The first-order valence-corrected chi connectivity index (χ1v) is 7.27. The number of nitrogens with zero attached hydrogens (tertiary/aromatic N) is 1. The van der Waals surface area contributed by atoms with Gasteiger partial charge in [-0.1, -0.05) is 6.07 Å². The third-order valence-corrected chi connectivity index (χ3v) is 4.01. The van der Waals surface area contributed by atoms with Crippen LogP contribution in [-0.2, 0) is 6.54 Å². The summed E-state index contributed by atoms with van der Waals surface area (Å²) in [4.78, 5) is 2.32. The number of nitrogens with one attached hydrogen (secondary N) is 1. The molecule has 100 valence electrons. The second-order valence-electron chi connectivity index (χ2n) is 5.16. The Morgan fingerprint density at radius 3 is 3.00 bits per heavy atom. The number of halogens is 2. The summed E-state index contributed by atoms with van der Waals surface area (Å²) in [6.07, 6.45) is 2.59. The first-order chi connectivity index (χ1) is 8.65. The van der Waals surface area contributed by atoms with Gasteiger partial charge >= 0.3 is 0 Å². The van der Waals surface area contributed by atoms with Crippen LogP contribution in [0.4, 0.5) is 4.39 Å². The predicted molar refractivity (Wildman–Crippen MR) is 76.0 cm³/mol. The zero-order chi connectivity index (χ0) is 13.0. The van der Waals surface area contributed by atoms with E-state index in [1.54, 1.807) is 0 Å². The molecule has 2 nitrogen and oxygen atoms in total. The number of benzene rings is 1. The van der Waals surface area contributed by atoms with Crippen LogP contribution in [0.5, 0.6) is 0 Å². The summed E-state index contributed by atoms with van der Waals surface area (Å²) in [5.41, 5.74) is 1.15. The zero-order valence-corrected chi connectivity index (χ0v) is 12.3. The summed E-state index contributed by atoms with van der Waals surface area (Å²) in [6.45, 7) is 4.25. The minimum atomic E-state index is -0.196. The molecule has 1 heterocycles. The Kier molecular flexibility index (Phi) is 5.15. The first kappa shape index (κ1) is 14.0. The van der Waals surface area contributed by atoms with Gasteiger partial charge in [0.25, 0.3) is 0 Å². The Morgan fingerprint density at radius 2 is 2.33 bits per heavy atom. The van der Waals surface area contributed by atoms with Crippen molar-refractivity contribution >= 4 is 15.9 Å². The van der Waals surface area contributed by atoms with E-state index in [9.17, 15) is 4.39 Å². The molecule has 1 aliphatic rings. The molecule has 0 radical (unpaired) electrons. The standard InChI is InChI=1S/C14H20BrFN2/c1-18(10-12-3-2-6-17-8-12)9-11-4-5-14(16)13(15)7-11/h4-5,7,12,17H,2-3,6,8-10H2,1H3. The molecule has 4 heteroatoms. The molecular formula is C14H20BrFN2. The molecule has 1 atom stereocenters. The fourth-order valence-electron chi connectivity index (χ4n) is 2.53. The molecule has 1 aromatic carbocycles. The van der Waals surface area contributed by atoms with Gasteiger partial charge in [-0.25, -0.2) is 4.39 Å². The van der Waals surface area contributed by atoms with E-state index in [0.29, 0.717) is 4.47 Å². The maximum Gasteiger partial charge on any atom is 0.137 e. The lowest BCUT2D eigenvalue weighted by molar-refractivity contribution is 0.237. The van der Waals surface area contributed by atoms with Crippen molar-refractivity contribution < 1.29 is 4.39 Å². The van der Waals surface area contributed by atoms with Crippen molar-refractivity contribution in [3.8, 4) is 0 Å². The second kappa shape index (κ2) is 6.64. The van der Waals surface area contributed by atoms with Gasteiger partial charge in [0.2, 0.25) is 0 Å². The van der Waals surface area contributed by atoms with Crippen molar-refractivity contribution in [2.24, 2.45) is 5.92 Å². The van der Waals surface area contributed by atoms with Gasteiger partial charge in [0, 0.05) is 13.1 Å². The molecule has 0 saturated carbocycles. The minimum Gasteiger partial charge on any atom is -0.316 e. The van der Waals surface area contributed by atoms with E-state index in [1.165, 1.54) is 18.9 Å². The van der Waals surface area contributed by atoms with Crippen LogP contribution in [0, 0.1) is 11.7 Å². The molecule has 0 aromatic heterocycles. The van der Waals surface area contributed by atoms with Crippen molar-refractivity contribution in [3.63, 3.8) is 0 Å². The van der Waals surface area contributed by atoms with Gasteiger partial charge in [0.15, 0.2) is 0 Å². The van der Waals surface area contributed by atoms with Gasteiger partial charge in [-0.05, 0) is 72.5 Å². The highest BCUT2D eigenvalue weighted by Crippen LogP contribution is 2.18. The van der Waals surface area contributed by atoms with E-state index in [1.807, 2.05) is 12.1 Å². The Balaban J connectivity index is 1.85.